The van der Waals surface area contributed by atoms with Crippen LogP contribution in [0.25, 0.3) is 0 Å². The molecule has 0 fully saturated rings. The Morgan fingerprint density at radius 1 is 0.759 bits per heavy atom. The molecule has 3 aromatic rings. The maximum absolute atomic E-state index is 13.1. The Labute approximate surface area is 170 Å². The number of anilines is 2. The molecule has 3 aromatic carbocycles. The Morgan fingerprint density at radius 2 is 1.28 bits per heavy atom. The van der Waals surface area contributed by atoms with Gasteiger partial charge in [-0.15, -0.1) is 0 Å². The molecular formula is C23H23N3O3. The molecule has 0 spiro atoms. The van der Waals surface area contributed by atoms with E-state index in [0.29, 0.717) is 28.6 Å². The average molecular weight is 389 g/mol. The molecule has 2 N–H and O–H groups in total. The van der Waals surface area contributed by atoms with E-state index in [1.165, 1.54) is 0 Å². The smallest absolute Gasteiger partial charge is 0.291 e. The fourth-order valence-electron chi connectivity index (χ4n) is 2.75. The lowest BCUT2D eigenvalue weighted by Gasteiger charge is -2.15. The molecule has 0 atom stereocenters. The zero-order valence-corrected chi connectivity index (χ0v) is 16.6. The molecule has 6 nitrogen and oxygen atoms in total. The van der Waals surface area contributed by atoms with Gasteiger partial charge >= 0.3 is 0 Å². The quantitative estimate of drug-likeness (QED) is 0.486. The molecule has 3 rings (SSSR count). The van der Waals surface area contributed by atoms with E-state index in [0.717, 1.165) is 5.56 Å². The second kappa shape index (κ2) is 9.41. The minimum absolute atomic E-state index is 0.134. The topological polar surface area (TPSA) is 72.0 Å². The highest BCUT2D eigenvalue weighted by Gasteiger charge is 2.16. The van der Waals surface area contributed by atoms with E-state index in [9.17, 15) is 4.79 Å². The van der Waals surface area contributed by atoms with Gasteiger partial charge in [0.25, 0.3) is 5.91 Å². The number of nitrogens with one attached hydrogen (secondary N) is 2. The third-order valence-electron chi connectivity index (χ3n) is 4.28. The van der Waals surface area contributed by atoms with Gasteiger partial charge in [-0.3, -0.25) is 4.79 Å². The van der Waals surface area contributed by atoms with Gasteiger partial charge in [-0.1, -0.05) is 42.5 Å². The van der Waals surface area contributed by atoms with Crippen LogP contribution in [-0.4, -0.2) is 26.0 Å². The molecule has 0 saturated heterocycles. The maximum atomic E-state index is 13.1. The second-order valence-corrected chi connectivity index (χ2v) is 6.23. The number of hydrogen-bond acceptors (Lipinski definition) is 4. The number of aryl methyl sites for hydroxylation is 1. The van der Waals surface area contributed by atoms with Gasteiger partial charge in [-0.05, 0) is 42.8 Å². The lowest BCUT2D eigenvalue weighted by Crippen LogP contribution is -2.29. The Kier molecular flexibility index (Phi) is 6.47. The van der Waals surface area contributed by atoms with Crippen LogP contribution < -0.4 is 20.1 Å². The molecule has 0 unspecified atom stereocenters. The lowest BCUT2D eigenvalue weighted by molar-refractivity contribution is -0.110. The minimum Gasteiger partial charge on any atom is -0.495 e. The summed E-state index contributed by atoms with van der Waals surface area (Å²) < 4.78 is 10.7. The van der Waals surface area contributed by atoms with Crippen molar-refractivity contribution in [3.8, 4) is 11.5 Å². The normalized spacial score (nSPS) is 10.9. The number of amidine groups is 1. The lowest BCUT2D eigenvalue weighted by atomic mass is 10.2. The van der Waals surface area contributed by atoms with Crippen molar-refractivity contribution in [3.63, 3.8) is 0 Å². The fraction of sp³-hybridized carbons (Fsp3) is 0.130. The largest absolute Gasteiger partial charge is 0.495 e. The van der Waals surface area contributed by atoms with Gasteiger partial charge in [0.1, 0.15) is 11.5 Å². The van der Waals surface area contributed by atoms with Gasteiger partial charge in [0.05, 0.1) is 31.3 Å². The van der Waals surface area contributed by atoms with Crippen LogP contribution in [0.1, 0.15) is 5.56 Å². The highest BCUT2D eigenvalue weighted by Crippen LogP contribution is 2.26. The van der Waals surface area contributed by atoms with Crippen molar-refractivity contribution < 1.29 is 14.3 Å². The molecule has 0 saturated carbocycles. The van der Waals surface area contributed by atoms with Crippen molar-refractivity contribution >= 4 is 28.8 Å². The minimum atomic E-state index is -0.399. The zero-order chi connectivity index (χ0) is 20.6. The number of methoxy groups -OCH3 is 2. The summed E-state index contributed by atoms with van der Waals surface area (Å²) in [7, 11) is 3.13. The van der Waals surface area contributed by atoms with Crippen molar-refractivity contribution in [2.45, 2.75) is 6.92 Å². The first-order chi connectivity index (χ1) is 14.1. The molecule has 6 heteroatoms. The number of ether oxygens (including phenoxy) is 2. The predicted molar refractivity (Wildman–Crippen MR) is 117 cm³/mol. The summed E-state index contributed by atoms with van der Waals surface area (Å²) in [6.07, 6.45) is 0. The maximum Gasteiger partial charge on any atom is 0.291 e. The van der Waals surface area contributed by atoms with Crippen LogP contribution in [0.2, 0.25) is 0 Å². The average Bonchev–Trinajstić information content (AvgIpc) is 2.75. The highest BCUT2D eigenvalue weighted by atomic mass is 16.5. The van der Waals surface area contributed by atoms with Gasteiger partial charge < -0.3 is 20.1 Å². The van der Waals surface area contributed by atoms with E-state index in [1.54, 1.807) is 26.4 Å². The van der Waals surface area contributed by atoms with Crippen molar-refractivity contribution in [2.75, 3.05) is 24.9 Å². The summed E-state index contributed by atoms with van der Waals surface area (Å²) in [4.78, 5) is 17.7. The van der Waals surface area contributed by atoms with Crippen molar-refractivity contribution in [2.24, 2.45) is 4.99 Å². The summed E-state index contributed by atoms with van der Waals surface area (Å²) >= 11 is 0. The molecule has 29 heavy (non-hydrogen) atoms. The van der Waals surface area contributed by atoms with E-state index in [2.05, 4.69) is 15.6 Å². The highest BCUT2D eigenvalue weighted by molar-refractivity contribution is 6.46. The molecule has 0 heterocycles. The van der Waals surface area contributed by atoms with E-state index >= 15 is 0 Å². The third-order valence-corrected chi connectivity index (χ3v) is 4.28. The second-order valence-electron chi connectivity index (χ2n) is 6.23. The molecule has 0 aliphatic heterocycles. The summed E-state index contributed by atoms with van der Waals surface area (Å²) in [5, 5.41) is 5.96. The molecule has 0 aromatic heterocycles. The number of nitrogens with zero attached hydrogens (tertiary/aromatic N) is 1. The molecule has 1 amide bonds. The van der Waals surface area contributed by atoms with Crippen LogP contribution in [0.4, 0.5) is 17.1 Å². The first-order valence-corrected chi connectivity index (χ1v) is 9.11. The SMILES string of the molecule is COc1ccccc1NC(=O)C(=Nc1ccccc1C)Nc1ccccc1OC. The van der Waals surface area contributed by atoms with Crippen LogP contribution in [0, 0.1) is 6.92 Å². The first kappa shape index (κ1) is 19.9. The molecule has 148 valence electrons. The van der Waals surface area contributed by atoms with Crippen LogP contribution >= 0.6 is 0 Å². The van der Waals surface area contributed by atoms with E-state index in [-0.39, 0.29) is 5.84 Å². The number of hydrogen-bond donors (Lipinski definition) is 2. The van der Waals surface area contributed by atoms with Gasteiger partial charge in [0, 0.05) is 0 Å². The number of para-hydroxylation sites is 5. The monoisotopic (exact) mass is 389 g/mol. The number of benzene rings is 3. The van der Waals surface area contributed by atoms with Crippen LogP contribution in [0.3, 0.4) is 0 Å². The van der Waals surface area contributed by atoms with Crippen LogP contribution in [-0.2, 0) is 4.79 Å². The summed E-state index contributed by atoms with van der Waals surface area (Å²) in [5.41, 5.74) is 2.84. The van der Waals surface area contributed by atoms with E-state index < -0.39 is 5.91 Å². The molecular weight excluding hydrogens is 366 g/mol. The van der Waals surface area contributed by atoms with Crippen LogP contribution in [0.5, 0.6) is 11.5 Å². The third kappa shape index (κ3) is 4.93. The standard InChI is InChI=1S/C23H23N3O3/c1-16-10-4-5-11-17(16)24-22(25-18-12-6-8-14-20(18)28-2)23(27)26-19-13-7-9-15-21(19)29-3/h4-15H,1-3H3,(H,24,25)(H,26,27). The Bertz CT molecular complexity index is 1030. The number of rotatable bonds is 5. The Hall–Kier alpha value is -3.80. The van der Waals surface area contributed by atoms with Gasteiger partial charge in [0.15, 0.2) is 5.84 Å². The number of aliphatic imine (C=N–C) groups is 1. The van der Waals surface area contributed by atoms with Crippen molar-refractivity contribution in [1.82, 2.24) is 0 Å². The van der Waals surface area contributed by atoms with Gasteiger partial charge in [-0.2, -0.15) is 0 Å². The molecule has 0 aliphatic carbocycles. The van der Waals surface area contributed by atoms with Crippen molar-refractivity contribution in [3.05, 3.63) is 78.4 Å². The number of amides is 1. The fourth-order valence-corrected chi connectivity index (χ4v) is 2.75. The summed E-state index contributed by atoms with van der Waals surface area (Å²) in [6, 6.07) is 22.2. The Balaban J connectivity index is 1.98. The van der Waals surface area contributed by atoms with Crippen molar-refractivity contribution in [1.29, 1.82) is 0 Å². The number of carbonyl (C=O) groups excluding carboxylic acids is 1. The Morgan fingerprint density at radius 3 is 1.86 bits per heavy atom. The molecule has 0 aliphatic rings. The van der Waals surface area contributed by atoms with E-state index in [4.69, 9.17) is 9.47 Å². The first-order valence-electron chi connectivity index (χ1n) is 9.11. The predicted octanol–water partition coefficient (Wildman–Crippen LogP) is 4.79. The van der Waals surface area contributed by atoms with E-state index in [1.807, 2.05) is 67.6 Å². The number of carbonyl (C=O) groups is 1. The summed E-state index contributed by atoms with van der Waals surface area (Å²) in [5.74, 6) is 0.904. The van der Waals surface area contributed by atoms with Crippen LogP contribution in [0.15, 0.2) is 77.8 Å². The van der Waals surface area contributed by atoms with Gasteiger partial charge in [-0.25, -0.2) is 4.99 Å². The summed E-state index contributed by atoms with van der Waals surface area (Å²) in [6.45, 7) is 1.94. The zero-order valence-electron chi connectivity index (χ0n) is 16.6. The molecule has 0 radical (unpaired) electrons. The molecule has 0 bridgehead atoms. The van der Waals surface area contributed by atoms with Gasteiger partial charge in [0.2, 0.25) is 0 Å².